The van der Waals surface area contributed by atoms with Crippen molar-refractivity contribution in [1.29, 1.82) is 5.26 Å². The highest BCUT2D eigenvalue weighted by Crippen LogP contribution is 2.31. The summed E-state index contributed by atoms with van der Waals surface area (Å²) < 4.78 is 15.1. The maximum absolute atomic E-state index is 13.4. The van der Waals surface area contributed by atoms with Gasteiger partial charge in [0.05, 0.1) is 29.9 Å². The lowest BCUT2D eigenvalue weighted by molar-refractivity contribution is 0.248. The van der Waals surface area contributed by atoms with E-state index in [1.165, 1.54) is 0 Å². The summed E-state index contributed by atoms with van der Waals surface area (Å²) in [6.45, 7) is 4.40. The first kappa shape index (κ1) is 19.5. The Labute approximate surface area is 169 Å². The third-order valence-corrected chi connectivity index (χ3v) is 5.50. The molecule has 4 rings (SSSR count). The van der Waals surface area contributed by atoms with Crippen molar-refractivity contribution < 1.29 is 4.39 Å². The van der Waals surface area contributed by atoms with E-state index in [0.717, 1.165) is 17.1 Å². The minimum atomic E-state index is -0.777. The first-order valence-electron chi connectivity index (χ1n) is 9.80. The van der Waals surface area contributed by atoms with Crippen molar-refractivity contribution in [2.24, 2.45) is 7.05 Å². The van der Waals surface area contributed by atoms with Gasteiger partial charge in [0.15, 0.2) is 0 Å². The van der Waals surface area contributed by atoms with Crippen LogP contribution < -0.4 is 20.9 Å². The van der Waals surface area contributed by atoms with Gasteiger partial charge in [-0.1, -0.05) is 0 Å². The molecule has 2 atom stereocenters. The molecule has 0 aromatic carbocycles. The molecule has 154 valence electrons. The molecule has 0 unspecified atom stereocenters. The summed E-state index contributed by atoms with van der Waals surface area (Å²) in [5, 5.41) is 23.3. The number of anilines is 3. The standard InChI is InChI=1S/C19H26FN9/c1-13-6-23-18(26-16-9-25-28(2)10-16)27-17(13)29-11-19(12-29,3-4-21)24-8-15-5-14(20)7-22-15/h6,9-10,14-15,22,24H,3,5,7-8,11-12H2,1-2H3,(H,23,26,27)/t14-,15+/m1/s1. The fourth-order valence-electron chi connectivity index (χ4n) is 3.96. The van der Waals surface area contributed by atoms with Gasteiger partial charge in [-0.2, -0.15) is 15.3 Å². The molecule has 2 aromatic rings. The van der Waals surface area contributed by atoms with Crippen LogP contribution in [0.25, 0.3) is 0 Å². The summed E-state index contributed by atoms with van der Waals surface area (Å²) in [5.74, 6) is 1.36. The van der Waals surface area contributed by atoms with Gasteiger partial charge in [-0.05, 0) is 13.3 Å². The third kappa shape index (κ3) is 4.31. The van der Waals surface area contributed by atoms with Crippen molar-refractivity contribution in [1.82, 2.24) is 30.4 Å². The van der Waals surface area contributed by atoms with E-state index in [1.807, 2.05) is 20.2 Å². The second-order valence-corrected chi connectivity index (χ2v) is 8.02. The molecule has 0 amide bonds. The van der Waals surface area contributed by atoms with E-state index >= 15 is 0 Å². The lowest BCUT2D eigenvalue weighted by atomic mass is 9.86. The molecule has 0 spiro atoms. The minimum Gasteiger partial charge on any atom is -0.352 e. The highest BCUT2D eigenvalue weighted by atomic mass is 19.1. The third-order valence-electron chi connectivity index (χ3n) is 5.50. The van der Waals surface area contributed by atoms with Gasteiger partial charge < -0.3 is 20.9 Å². The van der Waals surface area contributed by atoms with Crippen molar-refractivity contribution in [3.8, 4) is 6.07 Å². The number of nitriles is 1. The molecule has 29 heavy (non-hydrogen) atoms. The summed E-state index contributed by atoms with van der Waals surface area (Å²) >= 11 is 0. The van der Waals surface area contributed by atoms with Gasteiger partial charge in [0.25, 0.3) is 0 Å². The van der Waals surface area contributed by atoms with E-state index in [0.29, 0.717) is 45.0 Å². The summed E-state index contributed by atoms with van der Waals surface area (Å²) in [7, 11) is 1.85. The minimum absolute atomic E-state index is 0.116. The van der Waals surface area contributed by atoms with E-state index in [1.54, 1.807) is 17.1 Å². The first-order valence-corrected chi connectivity index (χ1v) is 9.80. The topological polar surface area (TPSA) is 107 Å². The van der Waals surface area contributed by atoms with Gasteiger partial charge in [-0.3, -0.25) is 4.68 Å². The van der Waals surface area contributed by atoms with Gasteiger partial charge in [-0.15, -0.1) is 0 Å². The largest absolute Gasteiger partial charge is 0.352 e. The van der Waals surface area contributed by atoms with E-state index in [9.17, 15) is 9.65 Å². The average Bonchev–Trinajstić information content (AvgIpc) is 3.26. The molecule has 9 nitrogen and oxygen atoms in total. The zero-order chi connectivity index (χ0) is 20.4. The van der Waals surface area contributed by atoms with Gasteiger partial charge in [0.1, 0.15) is 12.0 Å². The van der Waals surface area contributed by atoms with Crippen LogP contribution in [0.1, 0.15) is 18.4 Å². The molecule has 4 heterocycles. The summed E-state index contributed by atoms with van der Waals surface area (Å²) in [6.07, 6.45) is 5.51. The predicted octanol–water partition coefficient (Wildman–Crippen LogP) is 1.02. The fourth-order valence-corrected chi connectivity index (χ4v) is 3.96. The van der Waals surface area contributed by atoms with E-state index in [2.05, 4.69) is 42.0 Å². The van der Waals surface area contributed by atoms with Crippen LogP contribution in [0.5, 0.6) is 0 Å². The summed E-state index contributed by atoms with van der Waals surface area (Å²) in [4.78, 5) is 11.2. The molecule has 10 heteroatoms. The summed E-state index contributed by atoms with van der Waals surface area (Å²) in [6, 6.07) is 2.41. The van der Waals surface area contributed by atoms with E-state index in [-0.39, 0.29) is 11.6 Å². The van der Waals surface area contributed by atoms with Crippen molar-refractivity contribution in [3.05, 3.63) is 24.2 Å². The molecule has 0 radical (unpaired) electrons. The smallest absolute Gasteiger partial charge is 0.229 e. The van der Waals surface area contributed by atoms with Crippen molar-refractivity contribution in [2.45, 2.75) is 37.5 Å². The molecule has 2 aromatic heterocycles. The van der Waals surface area contributed by atoms with Gasteiger partial charge in [-0.25, -0.2) is 9.37 Å². The Morgan fingerprint density at radius 1 is 1.41 bits per heavy atom. The van der Waals surface area contributed by atoms with Crippen LogP contribution in [0.4, 0.5) is 21.8 Å². The van der Waals surface area contributed by atoms with Crippen LogP contribution in [-0.2, 0) is 7.05 Å². The Kier molecular flexibility index (Phi) is 5.34. The quantitative estimate of drug-likeness (QED) is 0.634. The molecule has 0 aliphatic carbocycles. The number of nitrogens with zero attached hydrogens (tertiary/aromatic N) is 6. The molecular weight excluding hydrogens is 373 g/mol. The number of halogens is 1. The fraction of sp³-hybridized carbons (Fsp3) is 0.579. The maximum Gasteiger partial charge on any atom is 0.229 e. The number of alkyl halides is 1. The molecule has 0 saturated carbocycles. The Morgan fingerprint density at radius 2 is 2.24 bits per heavy atom. The van der Waals surface area contributed by atoms with Crippen LogP contribution >= 0.6 is 0 Å². The molecule has 0 bridgehead atoms. The number of aryl methyl sites for hydroxylation is 2. The lowest BCUT2D eigenvalue weighted by Crippen LogP contribution is -2.70. The Bertz CT molecular complexity index is 899. The SMILES string of the molecule is Cc1cnc(Nc2cnn(C)c2)nc1N1CC(CC#N)(NC[C@@H]2C[C@@H](F)CN2)C1. The number of aromatic nitrogens is 4. The number of rotatable bonds is 7. The second-order valence-electron chi connectivity index (χ2n) is 8.02. The average molecular weight is 399 g/mol. The van der Waals surface area contributed by atoms with Crippen LogP contribution in [0.3, 0.4) is 0 Å². The molecule has 3 N–H and O–H groups in total. The van der Waals surface area contributed by atoms with Gasteiger partial charge in [0, 0.05) is 57.2 Å². The zero-order valence-electron chi connectivity index (χ0n) is 16.7. The highest BCUT2D eigenvalue weighted by Gasteiger charge is 2.44. The number of hydrogen-bond acceptors (Lipinski definition) is 8. The Morgan fingerprint density at radius 3 is 2.90 bits per heavy atom. The second kappa shape index (κ2) is 7.93. The van der Waals surface area contributed by atoms with Crippen LogP contribution in [-0.4, -0.2) is 63.7 Å². The van der Waals surface area contributed by atoms with Crippen LogP contribution in [0.2, 0.25) is 0 Å². The number of nitrogens with one attached hydrogen (secondary N) is 3. The van der Waals surface area contributed by atoms with Crippen LogP contribution in [0.15, 0.2) is 18.6 Å². The molecule has 2 aliphatic rings. The van der Waals surface area contributed by atoms with Crippen LogP contribution in [0, 0.1) is 18.3 Å². The summed E-state index contributed by atoms with van der Waals surface area (Å²) in [5.41, 5.74) is 1.51. The van der Waals surface area contributed by atoms with Gasteiger partial charge >= 0.3 is 0 Å². The van der Waals surface area contributed by atoms with E-state index < -0.39 is 6.17 Å². The predicted molar refractivity (Wildman–Crippen MR) is 108 cm³/mol. The number of hydrogen-bond donors (Lipinski definition) is 3. The van der Waals surface area contributed by atoms with Crippen molar-refractivity contribution >= 4 is 17.5 Å². The Hall–Kier alpha value is -2.77. The normalized spacial score (nSPS) is 22.9. The van der Waals surface area contributed by atoms with Gasteiger partial charge in [0.2, 0.25) is 5.95 Å². The first-order chi connectivity index (χ1) is 14.0. The highest BCUT2D eigenvalue weighted by molar-refractivity contribution is 5.57. The molecular formula is C19H26FN9. The molecule has 2 fully saturated rings. The molecule has 2 saturated heterocycles. The maximum atomic E-state index is 13.4. The molecule has 2 aliphatic heterocycles. The van der Waals surface area contributed by atoms with Crippen molar-refractivity contribution in [2.75, 3.05) is 36.4 Å². The Balaban J connectivity index is 1.41. The van der Waals surface area contributed by atoms with Crippen molar-refractivity contribution in [3.63, 3.8) is 0 Å². The zero-order valence-corrected chi connectivity index (χ0v) is 16.7. The monoisotopic (exact) mass is 399 g/mol. The van der Waals surface area contributed by atoms with E-state index in [4.69, 9.17) is 0 Å². The lowest BCUT2D eigenvalue weighted by Gasteiger charge is -2.51.